The van der Waals surface area contributed by atoms with Gasteiger partial charge in [-0.1, -0.05) is 56.7 Å². The minimum atomic E-state index is -1.85. The number of rotatable bonds is 30. The van der Waals surface area contributed by atoms with Crippen molar-refractivity contribution in [1.29, 1.82) is 0 Å². The number of nitrogens with zero attached hydrogens (tertiary/aromatic N) is 1. The van der Waals surface area contributed by atoms with Crippen LogP contribution in [0.15, 0.2) is 60.9 Å². The number of fused-ring (bicyclic) bond motifs is 2. The summed E-state index contributed by atoms with van der Waals surface area (Å²) in [5.41, 5.74) is 2.36. The van der Waals surface area contributed by atoms with E-state index < -0.39 is 159 Å². The molecule has 28 nitrogen and oxygen atoms in total. The minimum absolute atomic E-state index is 0.0324. The van der Waals surface area contributed by atoms with Crippen LogP contribution in [0.25, 0.3) is 21.8 Å². The summed E-state index contributed by atoms with van der Waals surface area (Å²) >= 11 is 0. The van der Waals surface area contributed by atoms with Crippen LogP contribution < -0.4 is 47.9 Å². The highest BCUT2D eigenvalue weighted by molar-refractivity contribution is 5.99. The maximum absolute atomic E-state index is 14.4. The average molecular weight is 1150 g/mol. The van der Waals surface area contributed by atoms with Gasteiger partial charge in [0.25, 0.3) is 0 Å². The lowest BCUT2D eigenvalue weighted by molar-refractivity contribution is -0.146. The number of aliphatic hydroxyl groups is 3. The first-order chi connectivity index (χ1) is 39.3. The Morgan fingerprint density at radius 2 is 1.13 bits per heavy atom. The number of aliphatic carboxylic acids is 2. The molecule has 0 bridgehead atoms. The Labute approximate surface area is 470 Å². The van der Waals surface area contributed by atoms with E-state index >= 15 is 0 Å². The van der Waals surface area contributed by atoms with Crippen molar-refractivity contribution < 1.29 is 78.3 Å². The molecule has 10 atom stereocenters. The molecule has 28 heteroatoms. The highest BCUT2D eigenvalue weighted by atomic mass is 16.4. The van der Waals surface area contributed by atoms with Gasteiger partial charge >= 0.3 is 11.9 Å². The summed E-state index contributed by atoms with van der Waals surface area (Å²) in [5, 5.41) is 73.7. The van der Waals surface area contributed by atoms with E-state index in [2.05, 4.69) is 57.8 Å². The second-order valence-electron chi connectivity index (χ2n) is 20.3. The number of nitrogens with one attached hydrogen (secondary N) is 11. The van der Waals surface area contributed by atoms with Crippen LogP contribution in [0, 0.1) is 5.92 Å². The van der Waals surface area contributed by atoms with Crippen LogP contribution in [-0.2, 0) is 65.6 Å². The first-order valence-corrected chi connectivity index (χ1v) is 27.1. The van der Waals surface area contributed by atoms with Gasteiger partial charge in [-0.05, 0) is 67.8 Å². The van der Waals surface area contributed by atoms with E-state index in [0.29, 0.717) is 52.3 Å². The topological polar surface area (TPSA) is 432 Å². The zero-order valence-electron chi connectivity index (χ0n) is 45.3. The predicted molar refractivity (Wildman–Crippen MR) is 292 cm³/mol. The molecule has 2 aromatic heterocycles. The number of hydrogen-bond acceptors (Lipinski definition) is 15. The molecule has 0 aliphatic carbocycles. The molecule has 2 aliphatic heterocycles. The van der Waals surface area contributed by atoms with Crippen LogP contribution in [0.3, 0.4) is 0 Å². The van der Waals surface area contributed by atoms with Crippen LogP contribution in [0.1, 0.15) is 69.9 Å². The molecule has 82 heavy (non-hydrogen) atoms. The van der Waals surface area contributed by atoms with Crippen molar-refractivity contribution in [1.82, 2.24) is 62.7 Å². The Morgan fingerprint density at radius 1 is 0.610 bits per heavy atom. The third-order valence-corrected chi connectivity index (χ3v) is 14.6. The van der Waals surface area contributed by atoms with Crippen molar-refractivity contribution in [2.75, 3.05) is 39.5 Å². The zero-order valence-corrected chi connectivity index (χ0v) is 45.3. The molecule has 6 rings (SSSR count). The predicted octanol–water partition coefficient (Wildman–Crippen LogP) is -3.34. The SMILES string of the molecule is CC[C@H](C)[C@H](NC(=O)CNC(=O)[C@@H]1CCCN1)C(=O)N[C@@H](Cc1c[nH]c2ccccc12)C(=O)N[C@@H](CO)C(=O)N[C@@H](CCC(=O)O)C(=O)N[C@@H](Cc1c[nH]c2ccccc12)C(=O)N[C@@H](CO)C(=O)N1CCC[C@H]1C(=O)N[C@@H](CO)C(=O)O. The zero-order chi connectivity index (χ0) is 59.6. The third kappa shape index (κ3) is 16.6. The number of carboxylic acids is 2. The minimum Gasteiger partial charge on any atom is -0.481 e. The number of hydrogen-bond donors (Lipinski definition) is 16. The summed E-state index contributed by atoms with van der Waals surface area (Å²) in [6, 6.07) is 0.949. The second kappa shape index (κ2) is 29.8. The molecule has 4 aromatic rings. The van der Waals surface area contributed by atoms with Gasteiger partial charge in [0.05, 0.1) is 32.4 Å². The molecule has 0 unspecified atom stereocenters. The molecule has 0 radical (unpaired) electrons. The van der Waals surface area contributed by atoms with Crippen LogP contribution in [0.5, 0.6) is 0 Å². The highest BCUT2D eigenvalue weighted by Gasteiger charge is 2.40. The first-order valence-electron chi connectivity index (χ1n) is 27.1. The van der Waals surface area contributed by atoms with Crippen LogP contribution in [0.4, 0.5) is 0 Å². The van der Waals surface area contributed by atoms with Gasteiger partial charge in [0.2, 0.25) is 53.2 Å². The fourth-order valence-electron chi connectivity index (χ4n) is 9.81. The van der Waals surface area contributed by atoms with E-state index in [0.717, 1.165) is 11.3 Å². The molecule has 444 valence electrons. The van der Waals surface area contributed by atoms with Crippen molar-refractivity contribution in [2.24, 2.45) is 5.92 Å². The van der Waals surface area contributed by atoms with Crippen molar-refractivity contribution in [3.8, 4) is 0 Å². The summed E-state index contributed by atoms with van der Waals surface area (Å²) in [6.45, 7) is 0.625. The normalized spacial score (nSPS) is 17.9. The molecule has 0 saturated carbocycles. The number of H-pyrrole nitrogens is 2. The number of amides is 9. The van der Waals surface area contributed by atoms with Gasteiger partial charge in [0.1, 0.15) is 48.3 Å². The van der Waals surface area contributed by atoms with Crippen LogP contribution >= 0.6 is 0 Å². The molecule has 2 saturated heterocycles. The lowest BCUT2D eigenvalue weighted by atomic mass is 9.97. The monoisotopic (exact) mass is 1140 g/mol. The summed E-state index contributed by atoms with van der Waals surface area (Å²) in [4.78, 5) is 155. The smallest absolute Gasteiger partial charge is 0.328 e. The molecule has 16 N–H and O–H groups in total. The Bertz CT molecular complexity index is 2960. The van der Waals surface area contributed by atoms with E-state index in [-0.39, 0.29) is 38.1 Å². The summed E-state index contributed by atoms with van der Waals surface area (Å²) in [6.07, 6.45) is 3.51. The quantitative estimate of drug-likeness (QED) is 0.0243. The molecule has 0 spiro atoms. The summed E-state index contributed by atoms with van der Waals surface area (Å²) < 4.78 is 0. The Hall–Kier alpha value is -8.47. The largest absolute Gasteiger partial charge is 0.481 e. The second-order valence-corrected chi connectivity index (χ2v) is 20.3. The Balaban J connectivity index is 1.21. The van der Waals surface area contributed by atoms with E-state index in [9.17, 15) is 78.3 Å². The first kappa shape index (κ1) is 62.7. The summed E-state index contributed by atoms with van der Waals surface area (Å²) in [5.74, 6) is -11.5. The van der Waals surface area contributed by atoms with E-state index in [1.165, 1.54) is 0 Å². The highest BCUT2D eigenvalue weighted by Crippen LogP contribution is 2.23. The van der Waals surface area contributed by atoms with Crippen LogP contribution in [-0.4, -0.2) is 199 Å². The van der Waals surface area contributed by atoms with Gasteiger partial charge in [-0.2, -0.15) is 0 Å². The lowest BCUT2D eigenvalue weighted by Gasteiger charge is -2.30. The number of aliphatic hydroxyl groups excluding tert-OH is 3. The van der Waals surface area contributed by atoms with Gasteiger partial charge in [0.15, 0.2) is 0 Å². The summed E-state index contributed by atoms with van der Waals surface area (Å²) in [7, 11) is 0. The number of benzene rings is 2. The fourth-order valence-corrected chi connectivity index (χ4v) is 9.81. The number of aromatic amines is 2. The Morgan fingerprint density at radius 3 is 1.67 bits per heavy atom. The van der Waals surface area contributed by atoms with E-state index in [4.69, 9.17) is 0 Å². The molecule has 4 heterocycles. The third-order valence-electron chi connectivity index (χ3n) is 14.6. The molecular formula is C54H72N12O16. The molecule has 2 aromatic carbocycles. The molecule has 9 amide bonds. The van der Waals surface area contributed by atoms with Crippen molar-refractivity contribution in [2.45, 2.75) is 126 Å². The fraction of sp³-hybridized carbons (Fsp3) is 0.500. The van der Waals surface area contributed by atoms with Crippen LogP contribution in [0.2, 0.25) is 0 Å². The van der Waals surface area contributed by atoms with E-state index in [1.807, 2.05) is 0 Å². The Kier molecular flexibility index (Phi) is 22.8. The number of para-hydroxylation sites is 2. The van der Waals surface area contributed by atoms with Gasteiger partial charge < -0.3 is 88.3 Å². The standard InChI is InChI=1S/C54H72N12O16/c1-3-28(2)45(65-43(70)24-58-46(73)35-14-8-18-55-35)52(79)61-38(21-30-23-57-34-13-7-5-11-32(30)34)48(75)62-39(25-67)50(77)59-36(16-17-44(71)72)47(74)60-37(20-29-22-56-33-12-6-4-10-31(29)33)49(76)63-40(26-68)53(80)66-19-9-15-42(66)51(78)64-41(27-69)54(81)82/h4-7,10-13,22-23,28,35-42,45,55-57,67-69H,3,8-9,14-21,24-27H2,1-2H3,(H,58,73)(H,59,77)(H,60,74)(H,61,79)(H,62,75)(H,63,76)(H,64,78)(H,65,70)(H,71,72)(H,81,82)/t28-,35-,36-,37-,38-,39-,40-,41-,42-,45-/m0/s1. The van der Waals surface area contributed by atoms with Gasteiger partial charge in [-0.15, -0.1) is 0 Å². The van der Waals surface area contributed by atoms with Crippen molar-refractivity contribution >= 4 is 86.9 Å². The number of likely N-dealkylation sites (tertiary alicyclic amines) is 1. The maximum Gasteiger partial charge on any atom is 0.328 e. The lowest BCUT2D eigenvalue weighted by Crippen LogP contribution is -2.61. The number of carboxylic acid groups (broad SMARTS) is 2. The number of aromatic nitrogens is 2. The molecule has 2 fully saturated rings. The van der Waals surface area contributed by atoms with Gasteiger partial charge in [-0.25, -0.2) is 4.79 Å². The number of carbonyl (C=O) groups is 11. The molecular weight excluding hydrogens is 1070 g/mol. The average Bonchev–Trinajstić information content (AvgIpc) is 4.44. The van der Waals surface area contributed by atoms with Gasteiger partial charge in [0, 0.05) is 60.0 Å². The van der Waals surface area contributed by atoms with Crippen molar-refractivity contribution in [3.05, 3.63) is 72.1 Å². The van der Waals surface area contributed by atoms with Gasteiger partial charge in [-0.3, -0.25) is 47.9 Å². The maximum atomic E-state index is 14.4. The van der Waals surface area contributed by atoms with E-state index in [1.54, 1.807) is 74.8 Å². The van der Waals surface area contributed by atoms with Crippen molar-refractivity contribution in [3.63, 3.8) is 0 Å². The molecule has 2 aliphatic rings. The number of carbonyl (C=O) groups excluding carboxylic acids is 9.